The van der Waals surface area contributed by atoms with Crippen molar-refractivity contribution in [2.75, 3.05) is 12.0 Å². The van der Waals surface area contributed by atoms with Gasteiger partial charge in [0.2, 0.25) is 0 Å². The maximum Gasteiger partial charge on any atom is 0.325 e. The predicted molar refractivity (Wildman–Crippen MR) is 57.2 cm³/mol. The second kappa shape index (κ2) is 6.39. The first-order chi connectivity index (χ1) is 6.82. The van der Waals surface area contributed by atoms with Crippen LogP contribution < -0.4 is 10.6 Å². The lowest BCUT2D eigenvalue weighted by molar-refractivity contribution is -0.138. The van der Waals surface area contributed by atoms with Gasteiger partial charge in [0.05, 0.1) is 0 Å². The Morgan fingerprint density at radius 3 is 2.27 bits per heavy atom. The van der Waals surface area contributed by atoms with E-state index in [1.807, 2.05) is 0 Å². The fourth-order valence-corrected chi connectivity index (χ4v) is 1.71. The fraction of sp³-hybridized carbons (Fsp3) is 0.750. The minimum absolute atomic E-state index is 0.253. The number of hydrogen-bond donors (Lipinski definition) is 3. The van der Waals surface area contributed by atoms with Crippen molar-refractivity contribution in [2.45, 2.75) is 25.9 Å². The number of carboxylic acid groups (broad SMARTS) is 1. The van der Waals surface area contributed by atoms with E-state index in [-0.39, 0.29) is 6.04 Å². The zero-order chi connectivity index (χ0) is 12.0. The van der Waals surface area contributed by atoms with Gasteiger partial charge in [0.15, 0.2) is 0 Å². The van der Waals surface area contributed by atoms with Gasteiger partial charge < -0.3 is 15.7 Å². The van der Waals surface area contributed by atoms with E-state index in [9.17, 15) is 13.8 Å². The minimum atomic E-state index is -1.10. The van der Waals surface area contributed by atoms with E-state index in [0.29, 0.717) is 5.75 Å². The Bertz CT molecular complexity index is 269. The van der Waals surface area contributed by atoms with Gasteiger partial charge in [-0.1, -0.05) is 0 Å². The molecule has 0 saturated carbocycles. The van der Waals surface area contributed by atoms with Gasteiger partial charge in [-0.3, -0.25) is 9.00 Å². The van der Waals surface area contributed by atoms with Gasteiger partial charge in [-0.05, 0) is 13.8 Å². The van der Waals surface area contributed by atoms with Crippen molar-refractivity contribution in [3.63, 3.8) is 0 Å². The summed E-state index contributed by atoms with van der Waals surface area (Å²) in [5.74, 6) is -0.758. The molecule has 6 nitrogen and oxygen atoms in total. The van der Waals surface area contributed by atoms with Crippen LogP contribution in [-0.2, 0) is 15.6 Å². The van der Waals surface area contributed by atoms with Gasteiger partial charge in [-0.2, -0.15) is 0 Å². The lowest BCUT2D eigenvalue weighted by atomic mass is 10.3. The summed E-state index contributed by atoms with van der Waals surface area (Å²) in [6, 6.07) is -1.76. The highest BCUT2D eigenvalue weighted by Gasteiger charge is 2.15. The SMILES string of the molecule is CC(CS(C)=O)NC(=O)NC(C)C(=O)O. The first-order valence-electron chi connectivity index (χ1n) is 4.42. The average Bonchev–Trinajstić information content (AvgIpc) is 2.00. The molecule has 0 fully saturated rings. The Morgan fingerprint density at radius 1 is 1.33 bits per heavy atom. The zero-order valence-corrected chi connectivity index (χ0v) is 9.76. The van der Waals surface area contributed by atoms with E-state index in [0.717, 1.165) is 0 Å². The molecule has 3 unspecified atom stereocenters. The van der Waals surface area contributed by atoms with Crippen molar-refractivity contribution in [2.24, 2.45) is 0 Å². The number of nitrogens with one attached hydrogen (secondary N) is 2. The van der Waals surface area contributed by atoms with Crippen LogP contribution in [0.3, 0.4) is 0 Å². The zero-order valence-electron chi connectivity index (χ0n) is 8.94. The van der Waals surface area contributed by atoms with E-state index >= 15 is 0 Å². The Balaban J connectivity index is 3.93. The third-order valence-corrected chi connectivity index (χ3v) is 2.55. The summed E-state index contributed by atoms with van der Waals surface area (Å²) < 4.78 is 10.8. The van der Waals surface area contributed by atoms with E-state index in [2.05, 4.69) is 10.6 Å². The van der Waals surface area contributed by atoms with Crippen molar-refractivity contribution in [1.29, 1.82) is 0 Å². The number of carboxylic acids is 1. The summed E-state index contributed by atoms with van der Waals surface area (Å²) in [6.45, 7) is 3.07. The molecule has 15 heavy (non-hydrogen) atoms. The van der Waals surface area contributed by atoms with Gasteiger partial charge in [0.1, 0.15) is 6.04 Å². The van der Waals surface area contributed by atoms with E-state index in [1.54, 1.807) is 6.92 Å². The molecule has 0 aromatic rings. The highest BCUT2D eigenvalue weighted by molar-refractivity contribution is 7.84. The summed E-state index contributed by atoms with van der Waals surface area (Å²) in [4.78, 5) is 21.6. The van der Waals surface area contributed by atoms with Gasteiger partial charge in [0.25, 0.3) is 0 Å². The first-order valence-corrected chi connectivity index (χ1v) is 6.15. The highest BCUT2D eigenvalue weighted by atomic mass is 32.2. The number of hydrogen-bond acceptors (Lipinski definition) is 3. The Labute approximate surface area is 90.9 Å². The molecule has 0 saturated heterocycles. The number of amides is 2. The quantitative estimate of drug-likeness (QED) is 0.601. The van der Waals surface area contributed by atoms with Crippen LogP contribution in [0.2, 0.25) is 0 Å². The third-order valence-electron chi connectivity index (χ3n) is 1.58. The maximum atomic E-state index is 11.2. The van der Waals surface area contributed by atoms with Crippen molar-refractivity contribution >= 4 is 22.8 Å². The summed E-state index contributed by atoms with van der Waals surface area (Å²) in [6.07, 6.45) is 1.54. The van der Waals surface area contributed by atoms with Gasteiger partial charge in [-0.15, -0.1) is 0 Å². The third kappa shape index (κ3) is 6.89. The second-order valence-electron chi connectivity index (χ2n) is 3.32. The van der Waals surface area contributed by atoms with Gasteiger partial charge in [-0.25, -0.2) is 4.79 Å². The largest absolute Gasteiger partial charge is 0.480 e. The average molecular weight is 236 g/mol. The van der Waals surface area contributed by atoms with Crippen LogP contribution in [-0.4, -0.2) is 45.4 Å². The normalized spacial score (nSPS) is 16.2. The molecule has 3 atom stereocenters. The Morgan fingerprint density at radius 2 is 1.87 bits per heavy atom. The lowest BCUT2D eigenvalue weighted by Crippen LogP contribution is -2.48. The number of aliphatic carboxylic acids is 1. The molecule has 0 aromatic carbocycles. The Hall–Kier alpha value is -1.11. The molecule has 7 heteroatoms. The number of carbonyl (C=O) groups is 2. The smallest absolute Gasteiger partial charge is 0.325 e. The molecule has 0 aliphatic heterocycles. The molecule has 0 rings (SSSR count). The van der Waals surface area contributed by atoms with Crippen molar-refractivity contribution in [3.05, 3.63) is 0 Å². The summed E-state index contributed by atoms with van der Waals surface area (Å²) in [5, 5.41) is 13.2. The molecule has 2 amide bonds. The monoisotopic (exact) mass is 236 g/mol. The molecule has 0 aliphatic carbocycles. The van der Waals surface area contributed by atoms with Crippen LogP contribution in [0.4, 0.5) is 4.79 Å². The molecule has 0 aromatic heterocycles. The lowest BCUT2D eigenvalue weighted by Gasteiger charge is -2.15. The maximum absolute atomic E-state index is 11.2. The van der Waals surface area contributed by atoms with Crippen LogP contribution in [0.1, 0.15) is 13.8 Å². The summed E-state index contributed by atoms with van der Waals surface area (Å²) in [7, 11) is -0.992. The second-order valence-corrected chi connectivity index (χ2v) is 4.80. The fourth-order valence-electron chi connectivity index (χ4n) is 0.918. The predicted octanol–water partition coefficient (Wildman–Crippen LogP) is -0.474. The molecule has 3 N–H and O–H groups in total. The van der Waals surface area contributed by atoms with Crippen LogP contribution >= 0.6 is 0 Å². The van der Waals surface area contributed by atoms with E-state index < -0.39 is 28.8 Å². The number of carbonyl (C=O) groups excluding carboxylic acids is 1. The molecular weight excluding hydrogens is 220 g/mol. The molecule has 0 radical (unpaired) electrons. The van der Waals surface area contributed by atoms with Crippen molar-refractivity contribution in [1.82, 2.24) is 10.6 Å². The number of urea groups is 1. The topological polar surface area (TPSA) is 95.5 Å². The minimum Gasteiger partial charge on any atom is -0.480 e. The van der Waals surface area contributed by atoms with E-state index in [4.69, 9.17) is 5.11 Å². The molecule has 88 valence electrons. The standard InChI is InChI=1S/C8H16N2O4S/c1-5(4-15(3)14)9-8(13)10-6(2)7(11)12/h5-6H,4H2,1-3H3,(H,11,12)(H2,9,10,13). The molecular formula is C8H16N2O4S. The first kappa shape index (κ1) is 13.9. The Kier molecular flexibility index (Phi) is 5.92. The van der Waals surface area contributed by atoms with Crippen LogP contribution in [0.25, 0.3) is 0 Å². The van der Waals surface area contributed by atoms with Crippen LogP contribution in [0.15, 0.2) is 0 Å². The van der Waals surface area contributed by atoms with Crippen molar-refractivity contribution in [3.8, 4) is 0 Å². The molecule has 0 bridgehead atoms. The highest BCUT2D eigenvalue weighted by Crippen LogP contribution is 1.87. The summed E-state index contributed by atoms with van der Waals surface area (Å²) in [5.41, 5.74) is 0. The van der Waals surface area contributed by atoms with Crippen molar-refractivity contribution < 1.29 is 18.9 Å². The van der Waals surface area contributed by atoms with Gasteiger partial charge in [0, 0.05) is 28.9 Å². The van der Waals surface area contributed by atoms with Crippen LogP contribution in [0.5, 0.6) is 0 Å². The molecule has 0 spiro atoms. The van der Waals surface area contributed by atoms with Gasteiger partial charge >= 0.3 is 12.0 Å². The molecule has 0 aliphatic rings. The molecule has 0 heterocycles. The number of rotatable bonds is 5. The summed E-state index contributed by atoms with van der Waals surface area (Å²) >= 11 is 0. The van der Waals surface area contributed by atoms with Crippen LogP contribution in [0, 0.1) is 0 Å². The van der Waals surface area contributed by atoms with E-state index in [1.165, 1.54) is 13.2 Å².